The Bertz CT molecular complexity index is 554. The normalized spacial score (nSPS) is 20.3. The predicted molar refractivity (Wildman–Crippen MR) is 83.5 cm³/mol. The van der Waals surface area contributed by atoms with E-state index < -0.39 is 0 Å². The zero-order valence-electron chi connectivity index (χ0n) is 13.3. The van der Waals surface area contributed by atoms with Crippen molar-refractivity contribution in [2.75, 3.05) is 13.6 Å². The van der Waals surface area contributed by atoms with Crippen LogP contribution in [0.4, 0.5) is 0 Å². The van der Waals surface area contributed by atoms with E-state index in [1.165, 1.54) is 5.56 Å². The molecule has 2 rings (SSSR count). The van der Waals surface area contributed by atoms with Crippen molar-refractivity contribution in [2.24, 2.45) is 0 Å². The monoisotopic (exact) mass is 288 g/mol. The number of likely N-dealkylation sites (tertiary alicyclic amines) is 1. The number of carbonyl (C=O) groups excluding carboxylic acids is 2. The zero-order chi connectivity index (χ0) is 15.6. The van der Waals surface area contributed by atoms with Crippen molar-refractivity contribution < 1.29 is 9.59 Å². The maximum atomic E-state index is 12.7. The van der Waals surface area contributed by atoms with Crippen molar-refractivity contribution in [1.29, 1.82) is 0 Å². The summed E-state index contributed by atoms with van der Waals surface area (Å²) in [6.07, 6.45) is 1.78. The molecule has 1 amide bonds. The maximum Gasteiger partial charge on any atom is 0.237 e. The molecule has 1 fully saturated rings. The van der Waals surface area contributed by atoms with Gasteiger partial charge in [0, 0.05) is 12.6 Å². The van der Waals surface area contributed by atoms with Gasteiger partial charge in [0.1, 0.15) is 0 Å². The standard InChI is InChI=1S/C17H24N2O2/c1-11-7-8-14(10-12(11)2)16(20)13(3)19-9-5-6-15(19)17(21)18-4/h7-8,10,13,15H,5-6,9H2,1-4H3,(H,18,21). The summed E-state index contributed by atoms with van der Waals surface area (Å²) >= 11 is 0. The Labute approximate surface area is 126 Å². The number of likely N-dealkylation sites (N-methyl/N-ethyl adjacent to an activating group) is 1. The SMILES string of the molecule is CNC(=O)C1CCCN1C(C)C(=O)c1ccc(C)c(C)c1. The molecule has 0 saturated carbocycles. The Morgan fingerprint density at radius 2 is 2.00 bits per heavy atom. The topological polar surface area (TPSA) is 49.4 Å². The molecular weight excluding hydrogens is 264 g/mol. The van der Waals surface area contributed by atoms with Crippen LogP contribution in [-0.4, -0.2) is 42.3 Å². The van der Waals surface area contributed by atoms with E-state index in [1.54, 1.807) is 7.05 Å². The summed E-state index contributed by atoms with van der Waals surface area (Å²) in [7, 11) is 1.65. The fourth-order valence-corrected chi connectivity index (χ4v) is 2.99. The minimum atomic E-state index is -0.267. The van der Waals surface area contributed by atoms with Gasteiger partial charge in [-0.05, 0) is 57.4 Å². The third kappa shape index (κ3) is 3.16. The second kappa shape index (κ2) is 6.39. The van der Waals surface area contributed by atoms with Crippen LogP contribution in [0.1, 0.15) is 41.3 Å². The smallest absolute Gasteiger partial charge is 0.237 e. The van der Waals surface area contributed by atoms with Gasteiger partial charge in [0.05, 0.1) is 12.1 Å². The largest absolute Gasteiger partial charge is 0.358 e. The summed E-state index contributed by atoms with van der Waals surface area (Å²) in [5.74, 6) is 0.0983. The Hall–Kier alpha value is -1.68. The lowest BCUT2D eigenvalue weighted by Crippen LogP contribution is -2.48. The van der Waals surface area contributed by atoms with Gasteiger partial charge < -0.3 is 5.32 Å². The van der Waals surface area contributed by atoms with Gasteiger partial charge in [-0.2, -0.15) is 0 Å². The van der Waals surface area contributed by atoms with E-state index in [0.29, 0.717) is 0 Å². The second-order valence-electron chi connectivity index (χ2n) is 5.85. The number of carbonyl (C=O) groups is 2. The molecule has 21 heavy (non-hydrogen) atoms. The highest BCUT2D eigenvalue weighted by atomic mass is 16.2. The molecule has 4 nitrogen and oxygen atoms in total. The fourth-order valence-electron chi connectivity index (χ4n) is 2.99. The number of amides is 1. The van der Waals surface area contributed by atoms with E-state index >= 15 is 0 Å². The molecule has 0 radical (unpaired) electrons. The summed E-state index contributed by atoms with van der Waals surface area (Å²) < 4.78 is 0. The van der Waals surface area contributed by atoms with E-state index in [9.17, 15) is 9.59 Å². The van der Waals surface area contributed by atoms with E-state index in [4.69, 9.17) is 0 Å². The molecule has 1 heterocycles. The Morgan fingerprint density at radius 1 is 1.29 bits per heavy atom. The van der Waals surface area contributed by atoms with Gasteiger partial charge in [0.15, 0.2) is 5.78 Å². The third-order valence-corrected chi connectivity index (χ3v) is 4.51. The lowest BCUT2D eigenvalue weighted by Gasteiger charge is -2.28. The number of ketones is 1. The number of nitrogens with one attached hydrogen (secondary N) is 1. The first-order valence-electron chi connectivity index (χ1n) is 7.54. The van der Waals surface area contributed by atoms with E-state index in [2.05, 4.69) is 5.32 Å². The number of Topliss-reactive ketones (excluding diaryl/α,β-unsaturated/α-hetero) is 1. The van der Waals surface area contributed by atoms with Crippen molar-refractivity contribution in [1.82, 2.24) is 10.2 Å². The van der Waals surface area contributed by atoms with E-state index in [-0.39, 0.29) is 23.8 Å². The number of hydrogen-bond acceptors (Lipinski definition) is 3. The van der Waals surface area contributed by atoms with Gasteiger partial charge in [-0.25, -0.2) is 0 Å². The van der Waals surface area contributed by atoms with Gasteiger partial charge in [-0.15, -0.1) is 0 Å². The molecule has 1 aliphatic heterocycles. The third-order valence-electron chi connectivity index (χ3n) is 4.51. The number of benzene rings is 1. The number of aryl methyl sites for hydroxylation is 2. The van der Waals surface area contributed by atoms with Crippen LogP contribution in [0.5, 0.6) is 0 Å². The fraction of sp³-hybridized carbons (Fsp3) is 0.529. The average Bonchev–Trinajstić information content (AvgIpc) is 2.97. The van der Waals surface area contributed by atoms with Crippen LogP contribution in [0.3, 0.4) is 0 Å². The molecule has 1 N–H and O–H groups in total. The number of nitrogens with zero attached hydrogens (tertiary/aromatic N) is 1. The summed E-state index contributed by atoms with van der Waals surface area (Å²) in [6.45, 7) is 6.75. The summed E-state index contributed by atoms with van der Waals surface area (Å²) in [5.41, 5.74) is 3.04. The molecule has 114 valence electrons. The highest BCUT2D eigenvalue weighted by Gasteiger charge is 2.36. The minimum absolute atomic E-state index is 0.00670. The van der Waals surface area contributed by atoms with Crippen molar-refractivity contribution in [3.8, 4) is 0 Å². The number of hydrogen-bond donors (Lipinski definition) is 1. The maximum absolute atomic E-state index is 12.7. The number of rotatable bonds is 4. The molecule has 2 unspecified atom stereocenters. The molecule has 2 atom stereocenters. The zero-order valence-corrected chi connectivity index (χ0v) is 13.3. The molecule has 0 bridgehead atoms. The van der Waals surface area contributed by atoms with Gasteiger partial charge in [-0.3, -0.25) is 14.5 Å². The van der Waals surface area contributed by atoms with Crippen molar-refractivity contribution in [3.05, 3.63) is 34.9 Å². The Balaban J connectivity index is 2.18. The van der Waals surface area contributed by atoms with Gasteiger partial charge in [0.2, 0.25) is 5.91 Å². The van der Waals surface area contributed by atoms with Crippen LogP contribution < -0.4 is 5.32 Å². The van der Waals surface area contributed by atoms with Crippen molar-refractivity contribution in [2.45, 2.75) is 45.7 Å². The van der Waals surface area contributed by atoms with Crippen molar-refractivity contribution in [3.63, 3.8) is 0 Å². The molecule has 1 aromatic rings. The van der Waals surface area contributed by atoms with E-state index in [1.807, 2.05) is 43.9 Å². The summed E-state index contributed by atoms with van der Waals surface area (Å²) in [5, 5.41) is 2.70. The summed E-state index contributed by atoms with van der Waals surface area (Å²) in [4.78, 5) is 26.6. The van der Waals surface area contributed by atoms with Crippen molar-refractivity contribution >= 4 is 11.7 Å². The Morgan fingerprint density at radius 3 is 2.62 bits per heavy atom. The highest BCUT2D eigenvalue weighted by Crippen LogP contribution is 2.23. The first kappa shape index (κ1) is 15.7. The van der Waals surface area contributed by atoms with Crippen LogP contribution in [0.15, 0.2) is 18.2 Å². The van der Waals surface area contributed by atoms with Crippen LogP contribution in [-0.2, 0) is 4.79 Å². The van der Waals surface area contributed by atoms with Gasteiger partial charge in [-0.1, -0.05) is 12.1 Å². The minimum Gasteiger partial charge on any atom is -0.358 e. The predicted octanol–water partition coefficient (Wildman–Crippen LogP) is 2.09. The Kier molecular flexibility index (Phi) is 4.78. The van der Waals surface area contributed by atoms with Crippen LogP contribution in [0.25, 0.3) is 0 Å². The van der Waals surface area contributed by atoms with Crippen LogP contribution >= 0.6 is 0 Å². The van der Waals surface area contributed by atoms with Gasteiger partial charge in [0.25, 0.3) is 0 Å². The molecule has 4 heteroatoms. The lowest BCUT2D eigenvalue weighted by molar-refractivity contribution is -0.125. The quantitative estimate of drug-likeness (QED) is 0.863. The van der Waals surface area contributed by atoms with Crippen LogP contribution in [0.2, 0.25) is 0 Å². The molecule has 1 aliphatic rings. The van der Waals surface area contributed by atoms with E-state index in [0.717, 1.165) is 30.5 Å². The molecule has 1 saturated heterocycles. The molecular formula is C17H24N2O2. The molecule has 0 aliphatic carbocycles. The first-order chi connectivity index (χ1) is 9.95. The first-order valence-corrected chi connectivity index (χ1v) is 7.54. The summed E-state index contributed by atoms with van der Waals surface area (Å²) in [6, 6.07) is 5.36. The molecule has 0 spiro atoms. The average molecular weight is 288 g/mol. The lowest BCUT2D eigenvalue weighted by atomic mass is 9.99. The molecule has 0 aromatic heterocycles. The second-order valence-corrected chi connectivity index (χ2v) is 5.85. The van der Waals surface area contributed by atoms with Crippen LogP contribution in [0, 0.1) is 13.8 Å². The van der Waals surface area contributed by atoms with Gasteiger partial charge >= 0.3 is 0 Å². The molecule has 1 aromatic carbocycles. The highest BCUT2D eigenvalue weighted by molar-refractivity contribution is 6.00.